The van der Waals surface area contributed by atoms with Gasteiger partial charge < -0.3 is 9.52 Å². The standard InChI is InChI=1S/C16H20BrNO2/c1-2-18(12-15-4-3-11-20-15)10-9-16(19)13-5-7-14(17)8-6-13/h3-8,11,16,19H,2,9-10,12H2,1H3. The van der Waals surface area contributed by atoms with Gasteiger partial charge in [0.1, 0.15) is 5.76 Å². The first-order valence-electron chi connectivity index (χ1n) is 6.87. The molecule has 20 heavy (non-hydrogen) atoms. The minimum absolute atomic E-state index is 0.422. The number of aliphatic hydroxyl groups excluding tert-OH is 1. The highest BCUT2D eigenvalue weighted by Gasteiger charge is 2.11. The maximum atomic E-state index is 10.2. The van der Waals surface area contributed by atoms with E-state index in [4.69, 9.17) is 4.42 Å². The predicted molar refractivity (Wildman–Crippen MR) is 83.4 cm³/mol. The normalized spacial score (nSPS) is 12.8. The molecule has 1 N–H and O–H groups in total. The topological polar surface area (TPSA) is 36.6 Å². The van der Waals surface area contributed by atoms with E-state index in [9.17, 15) is 5.11 Å². The lowest BCUT2D eigenvalue weighted by molar-refractivity contribution is 0.138. The van der Waals surface area contributed by atoms with Gasteiger partial charge in [-0.15, -0.1) is 0 Å². The number of nitrogens with zero attached hydrogens (tertiary/aromatic N) is 1. The molecule has 0 bridgehead atoms. The van der Waals surface area contributed by atoms with Crippen molar-refractivity contribution >= 4 is 15.9 Å². The van der Waals surface area contributed by atoms with E-state index in [0.717, 1.165) is 41.9 Å². The summed E-state index contributed by atoms with van der Waals surface area (Å²) < 4.78 is 6.39. The molecule has 2 aromatic rings. The van der Waals surface area contributed by atoms with Gasteiger partial charge in [-0.2, -0.15) is 0 Å². The van der Waals surface area contributed by atoms with Crippen molar-refractivity contribution in [3.63, 3.8) is 0 Å². The van der Waals surface area contributed by atoms with E-state index in [1.165, 1.54) is 0 Å². The summed E-state index contributed by atoms with van der Waals surface area (Å²) in [4.78, 5) is 2.26. The van der Waals surface area contributed by atoms with Crippen LogP contribution in [0.2, 0.25) is 0 Å². The summed E-state index contributed by atoms with van der Waals surface area (Å²) >= 11 is 3.40. The first-order valence-corrected chi connectivity index (χ1v) is 7.66. The van der Waals surface area contributed by atoms with Crippen molar-refractivity contribution in [3.8, 4) is 0 Å². The zero-order valence-corrected chi connectivity index (χ0v) is 13.2. The van der Waals surface area contributed by atoms with Crippen LogP contribution in [0, 0.1) is 0 Å². The highest BCUT2D eigenvalue weighted by Crippen LogP contribution is 2.20. The Kier molecular flexibility index (Phi) is 5.83. The molecule has 3 nitrogen and oxygen atoms in total. The van der Waals surface area contributed by atoms with Crippen molar-refractivity contribution < 1.29 is 9.52 Å². The van der Waals surface area contributed by atoms with Crippen LogP contribution in [0.15, 0.2) is 51.6 Å². The number of furan rings is 1. The highest BCUT2D eigenvalue weighted by molar-refractivity contribution is 9.10. The molecule has 4 heteroatoms. The Labute approximate surface area is 128 Å². The maximum absolute atomic E-state index is 10.2. The van der Waals surface area contributed by atoms with Gasteiger partial charge in [-0.05, 0) is 42.8 Å². The maximum Gasteiger partial charge on any atom is 0.117 e. The molecule has 1 aromatic carbocycles. The molecule has 0 amide bonds. The molecule has 1 unspecified atom stereocenters. The third kappa shape index (κ3) is 4.47. The molecule has 0 spiro atoms. The third-order valence-corrected chi connectivity index (χ3v) is 3.91. The van der Waals surface area contributed by atoms with Crippen molar-refractivity contribution in [1.82, 2.24) is 4.90 Å². The molecular formula is C16H20BrNO2. The number of hydrogen-bond donors (Lipinski definition) is 1. The van der Waals surface area contributed by atoms with Gasteiger partial charge in [-0.1, -0.05) is 35.0 Å². The molecule has 1 heterocycles. The van der Waals surface area contributed by atoms with Crippen LogP contribution in [0.5, 0.6) is 0 Å². The SMILES string of the molecule is CCN(CCC(O)c1ccc(Br)cc1)Cc1ccco1. The molecule has 0 aliphatic heterocycles. The van der Waals surface area contributed by atoms with Gasteiger partial charge in [-0.25, -0.2) is 0 Å². The van der Waals surface area contributed by atoms with Gasteiger partial charge in [-0.3, -0.25) is 4.90 Å². The van der Waals surface area contributed by atoms with Crippen molar-refractivity contribution in [2.45, 2.75) is 26.0 Å². The summed E-state index contributed by atoms with van der Waals surface area (Å²) in [5, 5.41) is 10.2. The van der Waals surface area contributed by atoms with E-state index in [1.54, 1.807) is 6.26 Å². The zero-order valence-electron chi connectivity index (χ0n) is 11.6. The lowest BCUT2D eigenvalue weighted by Gasteiger charge is -2.21. The van der Waals surface area contributed by atoms with Crippen molar-refractivity contribution in [2.24, 2.45) is 0 Å². The van der Waals surface area contributed by atoms with Crippen LogP contribution in [-0.4, -0.2) is 23.1 Å². The zero-order chi connectivity index (χ0) is 14.4. The molecule has 0 saturated heterocycles. The molecule has 0 aliphatic carbocycles. The first kappa shape index (κ1) is 15.3. The Morgan fingerprint density at radius 2 is 2.00 bits per heavy atom. The fourth-order valence-corrected chi connectivity index (χ4v) is 2.39. The van der Waals surface area contributed by atoms with Gasteiger partial charge in [0, 0.05) is 11.0 Å². The molecule has 0 aliphatic rings. The fourth-order valence-electron chi connectivity index (χ4n) is 2.13. The summed E-state index contributed by atoms with van der Waals surface area (Å²) in [5.74, 6) is 0.963. The summed E-state index contributed by atoms with van der Waals surface area (Å²) in [6.07, 6.45) is 1.99. The minimum Gasteiger partial charge on any atom is -0.468 e. The molecule has 0 fully saturated rings. The second kappa shape index (κ2) is 7.62. The molecule has 1 atom stereocenters. The average molecular weight is 338 g/mol. The Morgan fingerprint density at radius 1 is 1.25 bits per heavy atom. The molecule has 0 radical (unpaired) electrons. The monoisotopic (exact) mass is 337 g/mol. The third-order valence-electron chi connectivity index (χ3n) is 3.38. The second-order valence-corrected chi connectivity index (χ2v) is 5.72. The van der Waals surface area contributed by atoms with Gasteiger partial charge in [0.15, 0.2) is 0 Å². The molecule has 108 valence electrons. The van der Waals surface area contributed by atoms with E-state index in [-0.39, 0.29) is 0 Å². The van der Waals surface area contributed by atoms with E-state index < -0.39 is 6.10 Å². The minimum atomic E-state index is -0.422. The predicted octanol–water partition coefficient (Wildman–Crippen LogP) is 3.99. The van der Waals surface area contributed by atoms with Gasteiger partial charge in [0.2, 0.25) is 0 Å². The second-order valence-electron chi connectivity index (χ2n) is 4.80. The summed E-state index contributed by atoms with van der Waals surface area (Å²) in [6, 6.07) is 11.7. The van der Waals surface area contributed by atoms with E-state index in [2.05, 4.69) is 27.8 Å². The lowest BCUT2D eigenvalue weighted by Crippen LogP contribution is -2.25. The molecule has 1 aromatic heterocycles. The first-order chi connectivity index (χ1) is 9.69. The largest absolute Gasteiger partial charge is 0.468 e. The van der Waals surface area contributed by atoms with Crippen LogP contribution in [0.1, 0.15) is 30.8 Å². The van der Waals surface area contributed by atoms with Crippen LogP contribution >= 0.6 is 15.9 Å². The highest BCUT2D eigenvalue weighted by atomic mass is 79.9. The van der Waals surface area contributed by atoms with Gasteiger partial charge in [0.05, 0.1) is 18.9 Å². The van der Waals surface area contributed by atoms with Crippen molar-refractivity contribution in [1.29, 1.82) is 0 Å². The van der Waals surface area contributed by atoms with E-state index >= 15 is 0 Å². The lowest BCUT2D eigenvalue weighted by atomic mass is 10.1. The van der Waals surface area contributed by atoms with Crippen LogP contribution in [0.4, 0.5) is 0 Å². The Hall–Kier alpha value is -1.10. The number of halogens is 1. The number of aliphatic hydroxyl groups is 1. The van der Waals surface area contributed by atoms with Gasteiger partial charge >= 0.3 is 0 Å². The summed E-state index contributed by atoms with van der Waals surface area (Å²) in [6.45, 7) is 4.69. The Bertz CT molecular complexity index is 496. The number of rotatable bonds is 7. The Balaban J connectivity index is 1.84. The van der Waals surface area contributed by atoms with E-state index in [1.807, 2.05) is 36.4 Å². The van der Waals surface area contributed by atoms with Crippen LogP contribution in [0.25, 0.3) is 0 Å². The quantitative estimate of drug-likeness (QED) is 0.829. The van der Waals surface area contributed by atoms with Crippen LogP contribution in [-0.2, 0) is 6.54 Å². The van der Waals surface area contributed by atoms with Crippen LogP contribution < -0.4 is 0 Å². The fraction of sp³-hybridized carbons (Fsp3) is 0.375. The van der Waals surface area contributed by atoms with Crippen LogP contribution in [0.3, 0.4) is 0 Å². The Morgan fingerprint density at radius 3 is 2.60 bits per heavy atom. The van der Waals surface area contributed by atoms with Gasteiger partial charge in [0.25, 0.3) is 0 Å². The smallest absolute Gasteiger partial charge is 0.117 e. The van der Waals surface area contributed by atoms with Crippen molar-refractivity contribution in [3.05, 3.63) is 58.5 Å². The molecular weight excluding hydrogens is 318 g/mol. The summed E-state index contributed by atoms with van der Waals surface area (Å²) in [5.41, 5.74) is 0.960. The number of hydrogen-bond acceptors (Lipinski definition) is 3. The number of benzene rings is 1. The molecule has 2 rings (SSSR count). The average Bonchev–Trinajstić information content (AvgIpc) is 2.96. The molecule has 0 saturated carbocycles. The van der Waals surface area contributed by atoms with Crippen molar-refractivity contribution in [2.75, 3.05) is 13.1 Å². The van der Waals surface area contributed by atoms with E-state index in [0.29, 0.717) is 0 Å². The summed E-state index contributed by atoms with van der Waals surface area (Å²) in [7, 11) is 0.